The third-order valence-electron chi connectivity index (χ3n) is 11.3. The smallest absolute Gasteiger partial charge is 0.300 e. The van der Waals surface area contributed by atoms with Crippen molar-refractivity contribution in [3.63, 3.8) is 0 Å². The van der Waals surface area contributed by atoms with Gasteiger partial charge in [-0.3, -0.25) is 4.55 Å². The van der Waals surface area contributed by atoms with Gasteiger partial charge in [-0.25, -0.2) is 0 Å². The molecule has 5 rings (SSSR count). The lowest BCUT2D eigenvalue weighted by Crippen LogP contribution is -2.66. The van der Waals surface area contributed by atoms with Crippen LogP contribution in [0.2, 0.25) is 0 Å². The van der Waals surface area contributed by atoms with Crippen LogP contribution < -0.4 is 0 Å². The summed E-state index contributed by atoms with van der Waals surface area (Å²) in [4.78, 5) is -3.13. The Labute approximate surface area is 224 Å². The van der Waals surface area contributed by atoms with Gasteiger partial charge >= 0.3 is 0 Å². The Morgan fingerprint density at radius 3 is 2.50 bits per heavy atom. The number of fused-ring (bicyclic) bond motifs is 5. The van der Waals surface area contributed by atoms with Gasteiger partial charge in [0.15, 0.2) is 6.29 Å². The predicted molar refractivity (Wildman–Crippen MR) is 136 cm³/mol. The number of ether oxygens (including phenoxy) is 2. The van der Waals surface area contributed by atoms with Gasteiger partial charge in [-0.1, -0.05) is 31.9 Å². The Morgan fingerprint density at radius 1 is 1.13 bits per heavy atom. The summed E-state index contributed by atoms with van der Waals surface area (Å²) in [7, 11) is -5.19. The maximum Gasteiger partial charge on any atom is 0.300 e. The van der Waals surface area contributed by atoms with Gasteiger partial charge in [-0.2, -0.15) is 8.42 Å². The van der Waals surface area contributed by atoms with Crippen LogP contribution in [0.15, 0.2) is 11.6 Å². The number of hydrogen-bond donors (Lipinski definition) is 6. The molecule has 3 saturated carbocycles. The molecule has 1 saturated heterocycles. The Kier molecular flexibility index (Phi) is 7.40. The monoisotopic (exact) mass is 560 g/mol. The molecule has 0 amide bonds. The predicted octanol–water partition coefficient (Wildman–Crippen LogP) is 1.35. The first-order valence-electron chi connectivity index (χ1n) is 14.0. The molecule has 0 bridgehead atoms. The first-order valence-corrected chi connectivity index (χ1v) is 15.5. The van der Waals surface area contributed by atoms with Gasteiger partial charge in [0.1, 0.15) is 18.3 Å². The minimum absolute atomic E-state index is 0.210. The van der Waals surface area contributed by atoms with Crippen molar-refractivity contribution in [2.45, 2.75) is 114 Å². The van der Waals surface area contributed by atoms with Crippen molar-refractivity contribution >= 4 is 10.1 Å². The van der Waals surface area contributed by atoms with Crippen molar-refractivity contribution < 1.29 is 48.0 Å². The van der Waals surface area contributed by atoms with Crippen LogP contribution in [0.3, 0.4) is 0 Å². The summed E-state index contributed by atoms with van der Waals surface area (Å²) in [5.41, 5.74) is 1.60. The molecule has 1 aliphatic heterocycles. The summed E-state index contributed by atoms with van der Waals surface area (Å²) < 4.78 is 43.7. The molecular formula is C27H44O10S. The Bertz CT molecular complexity index is 1050. The van der Waals surface area contributed by atoms with E-state index in [0.717, 1.165) is 19.3 Å². The minimum Gasteiger partial charge on any atom is -0.393 e. The third-order valence-corrected chi connectivity index (χ3v) is 12.5. The van der Waals surface area contributed by atoms with Crippen molar-refractivity contribution in [2.75, 3.05) is 6.61 Å². The molecule has 4 aliphatic carbocycles. The molecule has 0 aromatic carbocycles. The molecule has 4 fully saturated rings. The van der Waals surface area contributed by atoms with E-state index in [0.29, 0.717) is 18.3 Å². The highest BCUT2D eigenvalue weighted by molar-refractivity contribution is 7.87. The molecule has 3 unspecified atom stereocenters. The second-order valence-corrected chi connectivity index (χ2v) is 14.8. The van der Waals surface area contributed by atoms with Gasteiger partial charge < -0.3 is 35.0 Å². The van der Waals surface area contributed by atoms with Crippen molar-refractivity contribution in [3.05, 3.63) is 11.6 Å². The van der Waals surface area contributed by atoms with Crippen LogP contribution in [-0.2, 0) is 19.6 Å². The van der Waals surface area contributed by atoms with E-state index in [1.807, 2.05) is 0 Å². The van der Waals surface area contributed by atoms with E-state index < -0.39 is 58.5 Å². The second kappa shape index (κ2) is 9.73. The van der Waals surface area contributed by atoms with Crippen LogP contribution in [0, 0.1) is 34.5 Å². The lowest BCUT2D eigenvalue weighted by atomic mass is 9.47. The molecule has 5 aliphatic rings. The molecule has 0 aromatic heterocycles. The van der Waals surface area contributed by atoms with Crippen molar-refractivity contribution in [1.29, 1.82) is 0 Å². The fraction of sp³-hybridized carbons (Fsp3) is 0.926. The zero-order chi connectivity index (χ0) is 27.8. The van der Waals surface area contributed by atoms with Crippen LogP contribution in [0.4, 0.5) is 0 Å². The van der Waals surface area contributed by atoms with Crippen LogP contribution >= 0.6 is 0 Å². The van der Waals surface area contributed by atoms with Gasteiger partial charge in [0.2, 0.25) is 4.93 Å². The average molecular weight is 561 g/mol. The number of rotatable bonds is 5. The number of hydrogen-bond acceptors (Lipinski definition) is 9. The highest BCUT2D eigenvalue weighted by Gasteiger charge is 2.63. The van der Waals surface area contributed by atoms with Crippen LogP contribution in [0.1, 0.15) is 72.1 Å². The number of aliphatic hydroxyl groups excluding tert-OH is 4. The maximum absolute atomic E-state index is 11.6. The molecule has 38 heavy (non-hydrogen) atoms. The fourth-order valence-electron chi connectivity index (χ4n) is 9.31. The fourth-order valence-corrected chi connectivity index (χ4v) is 9.97. The first-order chi connectivity index (χ1) is 17.6. The van der Waals surface area contributed by atoms with Gasteiger partial charge in [0.25, 0.3) is 10.1 Å². The van der Waals surface area contributed by atoms with E-state index in [-0.39, 0.29) is 22.7 Å². The van der Waals surface area contributed by atoms with Crippen LogP contribution in [0.25, 0.3) is 0 Å². The summed E-state index contributed by atoms with van der Waals surface area (Å²) in [6, 6.07) is 0. The normalized spacial score (nSPS) is 50.8. The van der Waals surface area contributed by atoms with E-state index in [9.17, 15) is 38.5 Å². The second-order valence-electron chi connectivity index (χ2n) is 13.1. The molecule has 6 N–H and O–H groups in total. The molecule has 0 spiro atoms. The zero-order valence-electron chi connectivity index (χ0n) is 22.4. The van der Waals surface area contributed by atoms with E-state index in [4.69, 9.17) is 9.47 Å². The summed E-state index contributed by atoms with van der Waals surface area (Å²) in [5.74, 6) is 0.988. The average Bonchev–Trinajstić information content (AvgIpc) is 3.13. The standard InChI is InChI=1S/C27H44O10S/c1-14(28)20-19(37-24(31)22-21(29)23(30)27(32,13-36-22)38(33,34)35)12-18-16-8-7-15-6-4-5-10-25(15,2)17(16)9-11-26(18,20)3/h7,14,16-24,28-32H,4-6,8-13H2,1-3H3,(H,33,34,35)/t14?,16-,17+,18+,19?,20+,21-,22+,23+,24?,25+,26+,27-/m1/s1. The van der Waals surface area contributed by atoms with Crippen LogP contribution in [0.5, 0.6) is 0 Å². The molecule has 1 heterocycles. The topological polar surface area (TPSA) is 174 Å². The molecular weight excluding hydrogens is 516 g/mol. The molecule has 0 aromatic rings. The molecule has 218 valence electrons. The van der Waals surface area contributed by atoms with Crippen molar-refractivity contribution in [3.8, 4) is 0 Å². The molecule has 10 nitrogen and oxygen atoms in total. The summed E-state index contributed by atoms with van der Waals surface area (Å²) >= 11 is 0. The Hall–Kier alpha value is -0.630. The molecule has 13 atom stereocenters. The minimum atomic E-state index is -5.19. The van der Waals surface area contributed by atoms with E-state index in [1.165, 1.54) is 25.7 Å². The number of aliphatic hydroxyl groups is 5. The summed E-state index contributed by atoms with van der Waals surface area (Å²) in [5, 5.41) is 52.8. The highest BCUT2D eigenvalue weighted by atomic mass is 32.2. The lowest BCUT2D eigenvalue weighted by molar-refractivity contribution is -0.282. The summed E-state index contributed by atoms with van der Waals surface area (Å²) in [6.45, 7) is 5.32. The first kappa shape index (κ1) is 28.9. The van der Waals surface area contributed by atoms with E-state index >= 15 is 0 Å². The van der Waals surface area contributed by atoms with Gasteiger partial charge in [0.05, 0.1) is 18.8 Å². The quantitative estimate of drug-likeness (QED) is 0.164. The number of allylic oxidation sites excluding steroid dienone is 2. The maximum atomic E-state index is 11.6. The molecule has 11 heteroatoms. The van der Waals surface area contributed by atoms with E-state index in [1.54, 1.807) is 12.5 Å². The third kappa shape index (κ3) is 4.23. The Balaban J connectivity index is 1.36. The zero-order valence-corrected chi connectivity index (χ0v) is 23.3. The lowest BCUT2D eigenvalue weighted by Gasteiger charge is -2.57. The van der Waals surface area contributed by atoms with Gasteiger partial charge in [-0.15, -0.1) is 0 Å². The van der Waals surface area contributed by atoms with Crippen molar-refractivity contribution in [1.82, 2.24) is 0 Å². The van der Waals surface area contributed by atoms with E-state index in [2.05, 4.69) is 19.9 Å². The highest BCUT2D eigenvalue weighted by Crippen LogP contribution is 2.67. The van der Waals surface area contributed by atoms with Crippen LogP contribution in [-0.4, -0.2) is 86.9 Å². The van der Waals surface area contributed by atoms with Crippen molar-refractivity contribution in [2.24, 2.45) is 34.5 Å². The Morgan fingerprint density at radius 2 is 1.84 bits per heavy atom. The summed E-state index contributed by atoms with van der Waals surface area (Å²) in [6.07, 6.45) is 2.00. The van der Waals surface area contributed by atoms with Gasteiger partial charge in [0, 0.05) is 5.92 Å². The molecule has 0 radical (unpaired) electrons. The largest absolute Gasteiger partial charge is 0.393 e. The SMILES string of the molecule is CC(O)[C@H]1C(OC(O)[C@H]2OC[C@@](O)(S(=O)(=O)O)[C@@H](O)[C@@H]2O)C[C@H]2[C@@H]3CC=C4CCCC[C@]4(C)[C@H]3CC[C@]12C. The van der Waals surface area contributed by atoms with Gasteiger partial charge in [-0.05, 0) is 80.5 Å².